The van der Waals surface area contributed by atoms with Gasteiger partial charge in [-0.3, -0.25) is 23.9 Å². The van der Waals surface area contributed by atoms with Crippen molar-refractivity contribution in [3.63, 3.8) is 0 Å². The van der Waals surface area contributed by atoms with Crippen molar-refractivity contribution in [2.45, 2.75) is 10.9 Å². The van der Waals surface area contributed by atoms with Gasteiger partial charge in [-0.1, -0.05) is 36.0 Å². The first kappa shape index (κ1) is 16.3. The predicted octanol–water partition coefficient (Wildman–Crippen LogP) is 2.78. The summed E-state index contributed by atoms with van der Waals surface area (Å²) in [7, 11) is 1.66. The summed E-state index contributed by atoms with van der Waals surface area (Å²) >= 11 is 1.41. The first-order valence-electron chi connectivity index (χ1n) is 7.75. The normalized spacial score (nSPS) is 11.3. The fraction of sp³-hybridized carbons (Fsp3) is 0.118. The van der Waals surface area contributed by atoms with E-state index in [1.807, 2.05) is 28.7 Å². The Balaban J connectivity index is 1.77. The molecule has 0 bridgehead atoms. The summed E-state index contributed by atoms with van der Waals surface area (Å²) in [6.45, 7) is 0. The van der Waals surface area contributed by atoms with Crippen LogP contribution in [0.4, 0.5) is 5.69 Å². The lowest BCUT2D eigenvalue weighted by atomic mass is 10.2. The second-order valence-corrected chi connectivity index (χ2v) is 6.66. The predicted molar refractivity (Wildman–Crippen MR) is 98.4 cm³/mol. The van der Waals surface area contributed by atoms with E-state index < -0.39 is 4.92 Å². The third-order valence-electron chi connectivity index (χ3n) is 4.09. The number of fused-ring (bicyclic) bond motifs is 3. The standard InChI is InChI=1S/C17H13N5O3S/c1-20-15(23)13-7-2-3-8-14(13)21-16(20)18-19-17(21)26-10-11-5-4-6-12(9-11)22(24)25/h2-9H,10H2,1H3. The Morgan fingerprint density at radius 2 is 1.96 bits per heavy atom. The van der Waals surface area contributed by atoms with Crippen LogP contribution in [0.25, 0.3) is 16.7 Å². The second-order valence-electron chi connectivity index (χ2n) is 5.71. The Labute approximate surface area is 151 Å². The van der Waals surface area contributed by atoms with E-state index in [-0.39, 0.29) is 11.2 Å². The lowest BCUT2D eigenvalue weighted by Gasteiger charge is -2.07. The molecule has 4 rings (SSSR count). The number of non-ortho nitro benzene ring substituents is 1. The van der Waals surface area contributed by atoms with Crippen LogP contribution in [-0.4, -0.2) is 24.1 Å². The minimum atomic E-state index is -0.413. The van der Waals surface area contributed by atoms with E-state index in [0.717, 1.165) is 11.1 Å². The Morgan fingerprint density at radius 3 is 2.77 bits per heavy atom. The Kier molecular flexibility index (Phi) is 3.92. The molecule has 0 saturated carbocycles. The summed E-state index contributed by atoms with van der Waals surface area (Å²) in [5.41, 5.74) is 1.48. The fourth-order valence-corrected chi connectivity index (χ4v) is 3.70. The number of nitro benzene ring substituents is 1. The first-order chi connectivity index (χ1) is 12.6. The van der Waals surface area contributed by atoms with Crippen molar-refractivity contribution < 1.29 is 4.92 Å². The molecule has 0 aliphatic rings. The van der Waals surface area contributed by atoms with Crippen molar-refractivity contribution in [1.82, 2.24) is 19.2 Å². The zero-order chi connectivity index (χ0) is 18.3. The SMILES string of the molecule is Cn1c(=O)c2ccccc2n2c(SCc3cccc([N+](=O)[O-])c3)nnc12. The molecule has 130 valence electrons. The molecule has 0 aliphatic carbocycles. The molecule has 0 N–H and O–H groups in total. The van der Waals surface area contributed by atoms with Crippen LogP contribution >= 0.6 is 11.8 Å². The van der Waals surface area contributed by atoms with Gasteiger partial charge in [-0.2, -0.15) is 0 Å². The number of aromatic nitrogens is 4. The number of hydrogen-bond donors (Lipinski definition) is 0. The number of thioether (sulfide) groups is 1. The van der Waals surface area contributed by atoms with Gasteiger partial charge in [-0.25, -0.2) is 0 Å². The van der Waals surface area contributed by atoms with Crippen molar-refractivity contribution in [3.8, 4) is 0 Å². The van der Waals surface area contributed by atoms with Crippen LogP contribution in [0.3, 0.4) is 0 Å². The highest BCUT2D eigenvalue weighted by molar-refractivity contribution is 7.98. The summed E-state index contributed by atoms with van der Waals surface area (Å²) in [6.07, 6.45) is 0. The third kappa shape index (κ3) is 2.62. The van der Waals surface area contributed by atoms with Crippen LogP contribution in [0, 0.1) is 10.1 Å². The van der Waals surface area contributed by atoms with Crippen molar-refractivity contribution in [1.29, 1.82) is 0 Å². The number of nitrogens with zero attached hydrogens (tertiary/aromatic N) is 5. The van der Waals surface area contributed by atoms with E-state index in [0.29, 0.717) is 22.1 Å². The van der Waals surface area contributed by atoms with E-state index in [4.69, 9.17) is 0 Å². The van der Waals surface area contributed by atoms with Crippen molar-refractivity contribution in [2.24, 2.45) is 7.05 Å². The quantitative estimate of drug-likeness (QED) is 0.313. The zero-order valence-electron chi connectivity index (χ0n) is 13.7. The fourth-order valence-electron chi connectivity index (χ4n) is 2.81. The molecule has 0 aliphatic heterocycles. The van der Waals surface area contributed by atoms with Crippen LogP contribution < -0.4 is 5.56 Å². The Bertz CT molecular complexity index is 1210. The topological polar surface area (TPSA) is 95.3 Å². The number of rotatable bonds is 4. The van der Waals surface area contributed by atoms with Gasteiger partial charge in [0.15, 0.2) is 5.16 Å². The van der Waals surface area contributed by atoms with Gasteiger partial charge in [-0.05, 0) is 17.7 Å². The molecule has 0 spiro atoms. The molecular formula is C17H13N5O3S. The van der Waals surface area contributed by atoms with E-state index in [2.05, 4.69) is 10.2 Å². The molecule has 0 amide bonds. The van der Waals surface area contributed by atoms with Crippen LogP contribution in [0.15, 0.2) is 58.5 Å². The summed E-state index contributed by atoms with van der Waals surface area (Å²) in [5, 5.41) is 20.5. The molecule has 0 radical (unpaired) electrons. The number of hydrogen-bond acceptors (Lipinski definition) is 6. The highest BCUT2D eigenvalue weighted by Gasteiger charge is 2.15. The van der Waals surface area contributed by atoms with Gasteiger partial charge in [0.25, 0.3) is 11.2 Å². The molecule has 8 nitrogen and oxygen atoms in total. The van der Waals surface area contributed by atoms with E-state index in [1.54, 1.807) is 25.2 Å². The van der Waals surface area contributed by atoms with E-state index >= 15 is 0 Å². The van der Waals surface area contributed by atoms with Gasteiger partial charge in [0.1, 0.15) is 0 Å². The monoisotopic (exact) mass is 367 g/mol. The van der Waals surface area contributed by atoms with Gasteiger partial charge < -0.3 is 0 Å². The Hall–Kier alpha value is -3.20. The highest BCUT2D eigenvalue weighted by atomic mass is 32.2. The molecular weight excluding hydrogens is 354 g/mol. The lowest BCUT2D eigenvalue weighted by Crippen LogP contribution is -2.20. The molecule has 9 heteroatoms. The van der Waals surface area contributed by atoms with E-state index in [1.165, 1.54) is 22.4 Å². The molecule has 4 aromatic rings. The molecule has 2 aromatic carbocycles. The summed E-state index contributed by atoms with van der Waals surface area (Å²) in [4.78, 5) is 22.9. The van der Waals surface area contributed by atoms with Crippen LogP contribution in [0.2, 0.25) is 0 Å². The van der Waals surface area contributed by atoms with Gasteiger partial charge in [0, 0.05) is 24.9 Å². The Morgan fingerprint density at radius 1 is 1.15 bits per heavy atom. The average Bonchev–Trinajstić information content (AvgIpc) is 3.09. The summed E-state index contributed by atoms with van der Waals surface area (Å²) in [5.74, 6) is 0.954. The lowest BCUT2D eigenvalue weighted by molar-refractivity contribution is -0.384. The molecule has 0 unspecified atom stereocenters. The van der Waals surface area contributed by atoms with Crippen molar-refractivity contribution in [3.05, 3.63) is 74.6 Å². The average molecular weight is 367 g/mol. The smallest absolute Gasteiger partial charge is 0.269 e. The maximum absolute atomic E-state index is 12.4. The number of para-hydroxylation sites is 1. The molecule has 2 aromatic heterocycles. The van der Waals surface area contributed by atoms with Gasteiger partial charge in [0.2, 0.25) is 5.78 Å². The molecule has 2 heterocycles. The third-order valence-corrected chi connectivity index (χ3v) is 5.09. The second kappa shape index (κ2) is 6.26. The van der Waals surface area contributed by atoms with Crippen molar-refractivity contribution in [2.75, 3.05) is 0 Å². The zero-order valence-corrected chi connectivity index (χ0v) is 14.5. The highest BCUT2D eigenvalue weighted by Crippen LogP contribution is 2.25. The molecule has 0 fully saturated rings. The van der Waals surface area contributed by atoms with Crippen LogP contribution in [-0.2, 0) is 12.8 Å². The van der Waals surface area contributed by atoms with Crippen LogP contribution in [0.1, 0.15) is 5.56 Å². The molecule has 0 atom stereocenters. The minimum absolute atomic E-state index is 0.0575. The molecule has 26 heavy (non-hydrogen) atoms. The van der Waals surface area contributed by atoms with Crippen molar-refractivity contribution >= 4 is 34.1 Å². The van der Waals surface area contributed by atoms with Gasteiger partial charge in [-0.15, -0.1) is 10.2 Å². The number of nitro groups is 1. The van der Waals surface area contributed by atoms with Gasteiger partial charge >= 0.3 is 0 Å². The first-order valence-corrected chi connectivity index (χ1v) is 8.74. The summed E-state index contributed by atoms with van der Waals surface area (Å²) in [6, 6.07) is 13.8. The van der Waals surface area contributed by atoms with E-state index in [9.17, 15) is 14.9 Å². The maximum atomic E-state index is 12.4. The maximum Gasteiger partial charge on any atom is 0.269 e. The van der Waals surface area contributed by atoms with Gasteiger partial charge in [0.05, 0.1) is 15.8 Å². The van der Waals surface area contributed by atoms with Crippen LogP contribution in [0.5, 0.6) is 0 Å². The largest absolute Gasteiger partial charge is 0.279 e. The summed E-state index contributed by atoms with van der Waals surface area (Å²) < 4.78 is 3.30. The number of benzene rings is 2. The molecule has 0 saturated heterocycles. The number of aryl methyl sites for hydroxylation is 1. The minimum Gasteiger partial charge on any atom is -0.279 e.